The van der Waals surface area contributed by atoms with E-state index in [0.717, 1.165) is 11.3 Å². The van der Waals surface area contributed by atoms with Gasteiger partial charge in [-0.15, -0.1) is 0 Å². The van der Waals surface area contributed by atoms with Gasteiger partial charge in [0.05, 0.1) is 19.8 Å². The second kappa shape index (κ2) is 8.34. The van der Waals surface area contributed by atoms with Crippen LogP contribution in [-0.4, -0.2) is 45.1 Å². The molecule has 0 aliphatic heterocycles. The van der Waals surface area contributed by atoms with Crippen LogP contribution in [-0.2, 0) is 4.74 Å². The van der Waals surface area contributed by atoms with Gasteiger partial charge in [0.1, 0.15) is 5.75 Å². The van der Waals surface area contributed by atoms with Crippen molar-refractivity contribution in [1.82, 2.24) is 10.6 Å². The summed E-state index contributed by atoms with van der Waals surface area (Å²) in [7, 11) is 3.14. The number of amides is 2. The van der Waals surface area contributed by atoms with Crippen LogP contribution in [0.2, 0.25) is 0 Å². The molecule has 0 spiro atoms. The number of hydrogen-bond donors (Lipinski definition) is 3. The molecule has 0 saturated carbocycles. The third kappa shape index (κ3) is 5.58. The zero-order chi connectivity index (χ0) is 14.1. The third-order valence-electron chi connectivity index (χ3n) is 2.55. The largest absolute Gasteiger partial charge is 0.497 e. The zero-order valence-electron chi connectivity index (χ0n) is 11.2. The summed E-state index contributed by atoms with van der Waals surface area (Å²) in [5.74, 6) is 0.723. The Balaban J connectivity index is 2.33. The van der Waals surface area contributed by atoms with E-state index < -0.39 is 6.10 Å². The minimum Gasteiger partial charge on any atom is -0.497 e. The smallest absolute Gasteiger partial charge is 0.314 e. The first-order chi connectivity index (χ1) is 9.17. The average molecular weight is 268 g/mol. The van der Waals surface area contributed by atoms with E-state index in [1.165, 1.54) is 0 Å². The van der Waals surface area contributed by atoms with Crippen LogP contribution in [0, 0.1) is 0 Å². The Morgan fingerprint density at radius 1 is 1.26 bits per heavy atom. The quantitative estimate of drug-likeness (QED) is 0.635. The number of methoxy groups -OCH3 is 2. The van der Waals surface area contributed by atoms with Crippen LogP contribution in [0.25, 0.3) is 0 Å². The molecule has 0 aromatic heterocycles. The van der Waals surface area contributed by atoms with E-state index in [4.69, 9.17) is 9.47 Å². The normalized spacial score (nSPS) is 11.7. The Kier molecular flexibility index (Phi) is 6.70. The molecular formula is C13H20N2O4. The summed E-state index contributed by atoms with van der Waals surface area (Å²) in [6, 6.07) is 6.71. The number of benzene rings is 1. The van der Waals surface area contributed by atoms with Crippen LogP contribution in [0.3, 0.4) is 0 Å². The highest BCUT2D eigenvalue weighted by atomic mass is 16.5. The molecule has 1 aromatic carbocycles. The number of hydrogen-bond acceptors (Lipinski definition) is 4. The summed E-state index contributed by atoms with van der Waals surface area (Å²) in [5.41, 5.74) is 0.720. The second-order valence-electron chi connectivity index (χ2n) is 3.92. The lowest BCUT2D eigenvalue weighted by Gasteiger charge is -2.13. The molecule has 1 rings (SSSR count). The van der Waals surface area contributed by atoms with Crippen molar-refractivity contribution >= 4 is 6.03 Å². The lowest BCUT2D eigenvalue weighted by atomic mass is 10.1. The van der Waals surface area contributed by atoms with Gasteiger partial charge in [0, 0.05) is 20.2 Å². The fourth-order valence-electron chi connectivity index (χ4n) is 1.46. The number of aliphatic hydroxyl groups excluding tert-OH is 1. The number of aliphatic hydroxyl groups is 1. The number of carbonyl (C=O) groups excluding carboxylic acids is 1. The minimum atomic E-state index is -0.751. The molecule has 0 aliphatic rings. The van der Waals surface area contributed by atoms with Gasteiger partial charge >= 0.3 is 6.03 Å². The summed E-state index contributed by atoms with van der Waals surface area (Å²) < 4.78 is 9.83. The lowest BCUT2D eigenvalue weighted by molar-refractivity contribution is 0.170. The molecule has 0 bridgehead atoms. The van der Waals surface area contributed by atoms with Crippen molar-refractivity contribution in [1.29, 1.82) is 0 Å². The fraction of sp³-hybridized carbons (Fsp3) is 0.462. The molecule has 2 amide bonds. The van der Waals surface area contributed by atoms with Crippen LogP contribution in [0.4, 0.5) is 4.79 Å². The van der Waals surface area contributed by atoms with Gasteiger partial charge in [0.15, 0.2) is 0 Å². The van der Waals surface area contributed by atoms with Crippen molar-refractivity contribution < 1.29 is 19.4 Å². The number of rotatable bonds is 7. The monoisotopic (exact) mass is 268 g/mol. The standard InChI is InChI=1S/C13H20N2O4/c1-18-8-7-14-13(17)15-9-12(16)10-3-5-11(19-2)6-4-10/h3-6,12,16H,7-9H2,1-2H3,(H2,14,15,17). The molecule has 0 fully saturated rings. The van der Waals surface area contributed by atoms with E-state index in [-0.39, 0.29) is 12.6 Å². The second-order valence-corrected chi connectivity index (χ2v) is 3.92. The van der Waals surface area contributed by atoms with E-state index in [9.17, 15) is 9.90 Å². The van der Waals surface area contributed by atoms with Gasteiger partial charge in [-0.1, -0.05) is 12.1 Å². The first-order valence-electron chi connectivity index (χ1n) is 6.00. The summed E-state index contributed by atoms with van der Waals surface area (Å²) >= 11 is 0. The Morgan fingerprint density at radius 3 is 2.53 bits per heavy atom. The molecule has 0 radical (unpaired) electrons. The summed E-state index contributed by atoms with van der Waals surface area (Å²) in [4.78, 5) is 11.3. The first-order valence-corrected chi connectivity index (χ1v) is 6.00. The zero-order valence-corrected chi connectivity index (χ0v) is 11.2. The summed E-state index contributed by atoms with van der Waals surface area (Å²) in [5, 5.41) is 15.1. The molecule has 1 aromatic rings. The van der Waals surface area contributed by atoms with Gasteiger partial charge in [0.25, 0.3) is 0 Å². The van der Waals surface area contributed by atoms with Crippen molar-refractivity contribution in [3.63, 3.8) is 0 Å². The van der Waals surface area contributed by atoms with Crippen molar-refractivity contribution in [3.05, 3.63) is 29.8 Å². The Bertz CT molecular complexity index is 381. The van der Waals surface area contributed by atoms with E-state index in [1.54, 1.807) is 38.5 Å². The molecule has 1 atom stereocenters. The van der Waals surface area contributed by atoms with Gasteiger partial charge < -0.3 is 25.2 Å². The number of urea groups is 1. The van der Waals surface area contributed by atoms with E-state index in [1.807, 2.05) is 0 Å². The van der Waals surface area contributed by atoms with Crippen molar-refractivity contribution in [2.24, 2.45) is 0 Å². The fourth-order valence-corrected chi connectivity index (χ4v) is 1.46. The van der Waals surface area contributed by atoms with E-state index in [2.05, 4.69) is 10.6 Å². The first kappa shape index (κ1) is 15.3. The average Bonchev–Trinajstić information content (AvgIpc) is 2.45. The lowest BCUT2D eigenvalue weighted by Crippen LogP contribution is -2.39. The van der Waals surface area contributed by atoms with Crippen molar-refractivity contribution in [2.45, 2.75) is 6.10 Å². The molecule has 19 heavy (non-hydrogen) atoms. The molecule has 6 nitrogen and oxygen atoms in total. The predicted octanol–water partition coefficient (Wildman–Crippen LogP) is 0.674. The predicted molar refractivity (Wildman–Crippen MR) is 71.2 cm³/mol. The number of ether oxygens (including phenoxy) is 2. The maximum Gasteiger partial charge on any atom is 0.314 e. The Labute approximate surface area is 112 Å². The maximum absolute atomic E-state index is 11.3. The van der Waals surface area contributed by atoms with Crippen LogP contribution in [0.15, 0.2) is 24.3 Å². The van der Waals surface area contributed by atoms with Crippen molar-refractivity contribution in [2.75, 3.05) is 33.9 Å². The Hall–Kier alpha value is -1.79. The van der Waals surface area contributed by atoms with Gasteiger partial charge in [-0.05, 0) is 17.7 Å². The summed E-state index contributed by atoms with van der Waals surface area (Å²) in [6.45, 7) is 1.03. The molecular weight excluding hydrogens is 248 g/mol. The maximum atomic E-state index is 11.3. The molecule has 106 valence electrons. The van der Waals surface area contributed by atoms with Gasteiger partial charge in [-0.2, -0.15) is 0 Å². The van der Waals surface area contributed by atoms with Gasteiger partial charge in [-0.25, -0.2) is 4.79 Å². The topological polar surface area (TPSA) is 79.8 Å². The highest BCUT2D eigenvalue weighted by Gasteiger charge is 2.09. The Morgan fingerprint density at radius 2 is 1.95 bits per heavy atom. The van der Waals surface area contributed by atoms with Crippen molar-refractivity contribution in [3.8, 4) is 5.75 Å². The van der Waals surface area contributed by atoms with Gasteiger partial charge in [0.2, 0.25) is 0 Å². The summed E-state index contributed by atoms with van der Waals surface area (Å²) in [6.07, 6.45) is -0.751. The molecule has 0 saturated heterocycles. The van der Waals surface area contributed by atoms with Crippen LogP contribution in [0.5, 0.6) is 5.75 Å². The minimum absolute atomic E-state index is 0.144. The molecule has 0 aliphatic carbocycles. The number of nitrogens with one attached hydrogen (secondary N) is 2. The molecule has 1 unspecified atom stereocenters. The SMILES string of the molecule is COCCNC(=O)NCC(O)c1ccc(OC)cc1. The van der Waals surface area contributed by atoms with Gasteiger partial charge in [-0.3, -0.25) is 0 Å². The third-order valence-corrected chi connectivity index (χ3v) is 2.55. The molecule has 3 N–H and O–H groups in total. The highest BCUT2D eigenvalue weighted by molar-refractivity contribution is 5.73. The van der Waals surface area contributed by atoms with E-state index in [0.29, 0.717) is 13.2 Å². The molecule has 6 heteroatoms. The van der Waals surface area contributed by atoms with E-state index >= 15 is 0 Å². The highest BCUT2D eigenvalue weighted by Crippen LogP contribution is 2.16. The van der Waals surface area contributed by atoms with Crippen LogP contribution in [0.1, 0.15) is 11.7 Å². The van der Waals surface area contributed by atoms with Crippen LogP contribution >= 0.6 is 0 Å². The van der Waals surface area contributed by atoms with Crippen LogP contribution < -0.4 is 15.4 Å². The number of carbonyl (C=O) groups is 1. The molecule has 0 heterocycles.